The highest BCUT2D eigenvalue weighted by Gasteiger charge is 2.11. The van der Waals surface area contributed by atoms with Crippen LogP contribution in [0.2, 0.25) is 0 Å². The molecule has 0 atom stereocenters. The van der Waals surface area contributed by atoms with E-state index in [4.69, 9.17) is 0 Å². The van der Waals surface area contributed by atoms with Gasteiger partial charge in [-0.2, -0.15) is 0 Å². The fourth-order valence-electron chi connectivity index (χ4n) is 2.21. The Hall–Kier alpha value is -2.16. The molecule has 0 fully saturated rings. The van der Waals surface area contributed by atoms with Gasteiger partial charge in [0.1, 0.15) is 0 Å². The lowest BCUT2D eigenvalue weighted by Gasteiger charge is -2.06. The second-order valence-electron chi connectivity index (χ2n) is 4.30. The van der Waals surface area contributed by atoms with Gasteiger partial charge < -0.3 is 0 Å². The standard InChI is InChI=1S/C15H15NO2.3C2H6/c1-4-7-12-10(2)11-8-5-6-9-13(11)15(18)16(3)14(12)17;3*1-2/h4,6-7,9H,1-2,5,8H2,3H3;3*1-2H3/b12-7+;;;. The molecule has 0 unspecified atom stereocenters. The van der Waals surface area contributed by atoms with Crippen LogP contribution < -0.4 is 21.6 Å². The first kappa shape index (κ1) is 24.1. The van der Waals surface area contributed by atoms with Crippen LogP contribution >= 0.6 is 0 Å². The molecular formula is C21H33NO2. The number of aromatic nitrogens is 1. The molecule has 0 amide bonds. The van der Waals surface area contributed by atoms with Gasteiger partial charge in [0.15, 0.2) is 0 Å². The minimum Gasteiger partial charge on any atom is -0.277 e. The lowest BCUT2D eigenvalue weighted by molar-refractivity contribution is 0.820. The molecule has 3 heteroatoms. The molecule has 0 aliphatic heterocycles. The molecule has 0 radical (unpaired) electrons. The van der Waals surface area contributed by atoms with Crippen LogP contribution in [0.5, 0.6) is 0 Å². The molecule has 1 heterocycles. The lowest BCUT2D eigenvalue weighted by atomic mass is 9.98. The Morgan fingerprint density at radius 3 is 2.08 bits per heavy atom. The molecule has 0 saturated carbocycles. The minimum atomic E-state index is -0.326. The number of hydrogen-bond donors (Lipinski definition) is 0. The monoisotopic (exact) mass is 331 g/mol. The first-order valence-corrected chi connectivity index (χ1v) is 8.82. The highest BCUT2D eigenvalue weighted by molar-refractivity contribution is 5.56. The predicted molar refractivity (Wildman–Crippen MR) is 109 cm³/mol. The largest absolute Gasteiger partial charge is 0.277 e. The van der Waals surface area contributed by atoms with Crippen LogP contribution in [0.15, 0.2) is 28.3 Å². The topological polar surface area (TPSA) is 39.1 Å². The molecule has 1 aromatic rings. The van der Waals surface area contributed by atoms with Gasteiger partial charge in [0.05, 0.1) is 0 Å². The normalized spacial score (nSPS) is 11.5. The summed E-state index contributed by atoms with van der Waals surface area (Å²) in [6.07, 6.45) is 8.50. The Kier molecular flexibility index (Phi) is 13.3. The number of nitrogens with zero attached hydrogens (tertiary/aromatic N) is 1. The molecule has 24 heavy (non-hydrogen) atoms. The van der Waals surface area contributed by atoms with Gasteiger partial charge in [-0.25, -0.2) is 0 Å². The zero-order valence-corrected chi connectivity index (χ0v) is 16.4. The van der Waals surface area contributed by atoms with E-state index in [0.29, 0.717) is 16.0 Å². The molecule has 0 N–H and O–H groups in total. The zero-order valence-electron chi connectivity index (χ0n) is 16.4. The van der Waals surface area contributed by atoms with Gasteiger partial charge in [0, 0.05) is 17.8 Å². The van der Waals surface area contributed by atoms with Crippen molar-refractivity contribution in [2.45, 2.75) is 54.4 Å². The van der Waals surface area contributed by atoms with Gasteiger partial charge in [-0.05, 0) is 29.7 Å². The average Bonchev–Trinajstić information content (AvgIpc) is 2.73. The molecule has 1 aromatic heterocycles. The number of hydrogen-bond acceptors (Lipinski definition) is 2. The van der Waals surface area contributed by atoms with E-state index in [1.54, 1.807) is 18.2 Å². The van der Waals surface area contributed by atoms with Crippen LogP contribution in [0.1, 0.15) is 59.1 Å². The lowest BCUT2D eigenvalue weighted by Crippen LogP contribution is -2.43. The minimum absolute atomic E-state index is 0.264. The van der Waals surface area contributed by atoms with Gasteiger partial charge in [0.25, 0.3) is 11.1 Å². The van der Waals surface area contributed by atoms with Crippen molar-refractivity contribution in [3.8, 4) is 0 Å². The third kappa shape index (κ3) is 5.48. The molecular weight excluding hydrogens is 298 g/mol. The number of fused-ring (bicyclic) bond motifs is 1. The number of allylic oxidation sites excluding steroid dienone is 2. The van der Waals surface area contributed by atoms with E-state index in [0.717, 1.165) is 23.0 Å². The summed E-state index contributed by atoms with van der Waals surface area (Å²) < 4.78 is 1.14. The summed E-state index contributed by atoms with van der Waals surface area (Å²) in [4.78, 5) is 24.4. The first-order chi connectivity index (χ1) is 11.6. The van der Waals surface area contributed by atoms with Gasteiger partial charge in [-0.15, -0.1) is 0 Å². The van der Waals surface area contributed by atoms with Crippen LogP contribution in [0.25, 0.3) is 18.7 Å². The Balaban J connectivity index is 0. The molecule has 3 nitrogen and oxygen atoms in total. The van der Waals surface area contributed by atoms with E-state index in [1.165, 1.54) is 7.05 Å². The van der Waals surface area contributed by atoms with E-state index in [2.05, 4.69) is 13.2 Å². The highest BCUT2D eigenvalue weighted by atomic mass is 16.2. The van der Waals surface area contributed by atoms with Crippen LogP contribution in [-0.4, -0.2) is 4.57 Å². The van der Waals surface area contributed by atoms with Crippen molar-refractivity contribution in [1.82, 2.24) is 4.57 Å². The second-order valence-corrected chi connectivity index (χ2v) is 4.30. The van der Waals surface area contributed by atoms with E-state index >= 15 is 0 Å². The van der Waals surface area contributed by atoms with Crippen molar-refractivity contribution in [2.75, 3.05) is 0 Å². The fourth-order valence-corrected chi connectivity index (χ4v) is 2.21. The molecule has 0 saturated heterocycles. The second kappa shape index (κ2) is 13.3. The summed E-state index contributed by atoms with van der Waals surface area (Å²) in [5, 5.41) is 1.08. The van der Waals surface area contributed by atoms with Crippen molar-refractivity contribution in [1.29, 1.82) is 0 Å². The van der Waals surface area contributed by atoms with E-state index in [9.17, 15) is 9.59 Å². The fraction of sp³-hybridized carbons (Fsp3) is 0.429. The Morgan fingerprint density at radius 1 is 1.04 bits per heavy atom. The smallest absolute Gasteiger partial charge is 0.261 e. The third-order valence-electron chi connectivity index (χ3n) is 3.21. The van der Waals surface area contributed by atoms with Gasteiger partial charge >= 0.3 is 0 Å². The van der Waals surface area contributed by atoms with Crippen LogP contribution in [-0.2, 0) is 13.5 Å². The molecule has 2 rings (SSSR count). The van der Waals surface area contributed by atoms with Gasteiger partial charge in [-0.1, -0.05) is 72.9 Å². The maximum Gasteiger partial charge on any atom is 0.261 e. The van der Waals surface area contributed by atoms with E-state index in [-0.39, 0.29) is 11.1 Å². The Labute approximate surface area is 146 Å². The quantitative estimate of drug-likeness (QED) is 0.793. The molecule has 0 aromatic carbocycles. The van der Waals surface area contributed by atoms with E-state index < -0.39 is 0 Å². The molecule has 1 aliphatic carbocycles. The Morgan fingerprint density at radius 2 is 1.58 bits per heavy atom. The molecule has 1 aliphatic rings. The van der Waals surface area contributed by atoms with Crippen molar-refractivity contribution in [2.24, 2.45) is 7.05 Å². The summed E-state index contributed by atoms with van der Waals surface area (Å²) in [7, 11) is 1.49. The summed E-state index contributed by atoms with van der Waals surface area (Å²) in [5.41, 5.74) is 0.857. The summed E-state index contributed by atoms with van der Waals surface area (Å²) in [5.74, 6) is 0. The predicted octanol–water partition coefficient (Wildman–Crippen LogP) is 3.16. The Bertz CT molecular complexity index is 768. The van der Waals surface area contributed by atoms with Crippen LogP contribution in [0.3, 0.4) is 0 Å². The van der Waals surface area contributed by atoms with E-state index in [1.807, 2.05) is 47.6 Å². The first-order valence-electron chi connectivity index (χ1n) is 8.82. The van der Waals surface area contributed by atoms with Gasteiger partial charge in [0.2, 0.25) is 0 Å². The van der Waals surface area contributed by atoms with Crippen molar-refractivity contribution in [3.63, 3.8) is 0 Å². The van der Waals surface area contributed by atoms with Crippen molar-refractivity contribution in [3.05, 3.63) is 61.0 Å². The molecule has 134 valence electrons. The summed E-state index contributed by atoms with van der Waals surface area (Å²) in [6, 6.07) is 0. The van der Waals surface area contributed by atoms with Crippen molar-refractivity contribution >= 4 is 18.7 Å². The average molecular weight is 332 g/mol. The highest BCUT2D eigenvalue weighted by Crippen LogP contribution is 2.09. The van der Waals surface area contributed by atoms with Gasteiger partial charge in [-0.3, -0.25) is 14.2 Å². The maximum absolute atomic E-state index is 12.2. The summed E-state index contributed by atoms with van der Waals surface area (Å²) >= 11 is 0. The molecule has 0 bridgehead atoms. The third-order valence-corrected chi connectivity index (χ3v) is 3.21. The molecule has 0 spiro atoms. The van der Waals surface area contributed by atoms with Crippen LogP contribution in [0.4, 0.5) is 0 Å². The van der Waals surface area contributed by atoms with Crippen molar-refractivity contribution < 1.29 is 0 Å². The maximum atomic E-state index is 12.2. The summed E-state index contributed by atoms with van der Waals surface area (Å²) in [6.45, 7) is 19.6. The number of rotatable bonds is 1. The zero-order chi connectivity index (χ0) is 19.3. The van der Waals surface area contributed by atoms with Crippen LogP contribution in [0, 0.1) is 0 Å². The SMILES string of the molecule is C=C/C=c1\c(=C)c2c(c(=O)n(C)c1=O)C=CCC2.CC.CC.CC.